The van der Waals surface area contributed by atoms with E-state index in [1.54, 1.807) is 18.2 Å². The highest BCUT2D eigenvalue weighted by molar-refractivity contribution is 7.91. The lowest BCUT2D eigenvalue weighted by Crippen LogP contribution is -2.40. The van der Waals surface area contributed by atoms with Gasteiger partial charge in [-0.25, -0.2) is 19.2 Å². The standard InChI is InChI=1S/C11H16N4O3S/c12-14-11(16)10-3-1-2-9(13-10)8-15-4-6-19(17,18)7-5-15/h1-3H,4-8,12H2,(H,14,16). The first kappa shape index (κ1) is 13.9. The van der Waals surface area contributed by atoms with Gasteiger partial charge in [-0.3, -0.25) is 15.1 Å². The van der Waals surface area contributed by atoms with Crippen molar-refractivity contribution in [1.29, 1.82) is 0 Å². The van der Waals surface area contributed by atoms with Crippen molar-refractivity contribution in [2.75, 3.05) is 24.6 Å². The van der Waals surface area contributed by atoms with Gasteiger partial charge in [0, 0.05) is 19.6 Å². The average molecular weight is 284 g/mol. The summed E-state index contributed by atoms with van der Waals surface area (Å²) in [6.45, 7) is 1.52. The summed E-state index contributed by atoms with van der Waals surface area (Å²) in [5, 5.41) is 0. The number of sulfone groups is 1. The molecule has 0 aliphatic carbocycles. The number of nitrogen functional groups attached to an aromatic ring is 1. The lowest BCUT2D eigenvalue weighted by molar-refractivity contribution is 0.0948. The number of carbonyl (C=O) groups is 1. The van der Waals surface area contributed by atoms with Crippen LogP contribution in [0.15, 0.2) is 18.2 Å². The minimum absolute atomic E-state index is 0.177. The van der Waals surface area contributed by atoms with Gasteiger partial charge in [0.05, 0.1) is 17.2 Å². The van der Waals surface area contributed by atoms with Gasteiger partial charge in [0.1, 0.15) is 5.69 Å². The highest BCUT2D eigenvalue weighted by atomic mass is 32.2. The molecule has 0 bridgehead atoms. The molecule has 0 unspecified atom stereocenters. The number of carbonyl (C=O) groups excluding carboxylic acids is 1. The van der Waals surface area contributed by atoms with Crippen LogP contribution >= 0.6 is 0 Å². The number of hydrogen-bond donors (Lipinski definition) is 2. The van der Waals surface area contributed by atoms with Crippen molar-refractivity contribution < 1.29 is 13.2 Å². The van der Waals surface area contributed by atoms with Crippen molar-refractivity contribution in [3.8, 4) is 0 Å². The Balaban J connectivity index is 2.02. The molecule has 19 heavy (non-hydrogen) atoms. The molecule has 0 radical (unpaired) electrons. The second kappa shape index (κ2) is 5.64. The van der Waals surface area contributed by atoms with Crippen LogP contribution in [-0.4, -0.2) is 48.8 Å². The molecule has 2 rings (SSSR count). The second-order valence-corrected chi connectivity index (χ2v) is 6.72. The van der Waals surface area contributed by atoms with Crippen LogP contribution in [0.25, 0.3) is 0 Å². The Kier molecular flexibility index (Phi) is 4.13. The van der Waals surface area contributed by atoms with E-state index in [0.717, 1.165) is 5.69 Å². The topological polar surface area (TPSA) is 105 Å². The van der Waals surface area contributed by atoms with Crippen molar-refractivity contribution in [1.82, 2.24) is 15.3 Å². The molecule has 0 saturated carbocycles. The van der Waals surface area contributed by atoms with E-state index in [1.165, 1.54) is 0 Å². The molecule has 3 N–H and O–H groups in total. The van der Waals surface area contributed by atoms with E-state index in [1.807, 2.05) is 10.3 Å². The third-order valence-electron chi connectivity index (χ3n) is 2.99. The normalized spacial score (nSPS) is 19.0. The van der Waals surface area contributed by atoms with E-state index in [4.69, 9.17) is 5.84 Å². The minimum atomic E-state index is -2.88. The van der Waals surface area contributed by atoms with Gasteiger partial charge in [0.15, 0.2) is 9.84 Å². The molecule has 0 aromatic carbocycles. The number of rotatable bonds is 3. The number of nitrogens with two attached hydrogens (primary N) is 1. The van der Waals surface area contributed by atoms with Gasteiger partial charge in [-0.1, -0.05) is 6.07 Å². The van der Waals surface area contributed by atoms with Crippen molar-refractivity contribution >= 4 is 15.7 Å². The molecule has 1 amide bonds. The first-order valence-corrected chi connectivity index (χ1v) is 7.72. The fourth-order valence-corrected chi connectivity index (χ4v) is 3.18. The molecule has 1 aromatic heterocycles. The maximum atomic E-state index is 11.4. The van der Waals surface area contributed by atoms with E-state index in [-0.39, 0.29) is 17.2 Å². The summed E-state index contributed by atoms with van der Waals surface area (Å²) in [6, 6.07) is 5.11. The Hall–Kier alpha value is -1.51. The van der Waals surface area contributed by atoms with Crippen LogP contribution in [0.1, 0.15) is 16.2 Å². The van der Waals surface area contributed by atoms with Crippen LogP contribution in [0, 0.1) is 0 Å². The van der Waals surface area contributed by atoms with Crippen LogP contribution in [0.3, 0.4) is 0 Å². The third-order valence-corrected chi connectivity index (χ3v) is 4.60. The maximum Gasteiger partial charge on any atom is 0.283 e. The number of aromatic nitrogens is 1. The first-order chi connectivity index (χ1) is 9.00. The summed E-state index contributed by atoms with van der Waals surface area (Å²) in [6.07, 6.45) is 0. The van der Waals surface area contributed by atoms with Gasteiger partial charge >= 0.3 is 0 Å². The molecule has 104 valence electrons. The monoisotopic (exact) mass is 284 g/mol. The zero-order valence-corrected chi connectivity index (χ0v) is 11.2. The highest BCUT2D eigenvalue weighted by Gasteiger charge is 2.21. The van der Waals surface area contributed by atoms with Crippen molar-refractivity contribution in [2.24, 2.45) is 5.84 Å². The van der Waals surface area contributed by atoms with Crippen LogP contribution in [-0.2, 0) is 16.4 Å². The predicted octanol–water partition coefficient (Wildman–Crippen LogP) is -1.08. The molecule has 8 heteroatoms. The summed E-state index contributed by atoms with van der Waals surface area (Å²) in [4.78, 5) is 17.5. The van der Waals surface area contributed by atoms with E-state index in [9.17, 15) is 13.2 Å². The van der Waals surface area contributed by atoms with E-state index >= 15 is 0 Å². The lowest BCUT2D eigenvalue weighted by atomic mass is 10.2. The molecular formula is C11H16N4O3S. The summed E-state index contributed by atoms with van der Waals surface area (Å²) in [5.41, 5.74) is 3.01. The number of hydrazine groups is 1. The van der Waals surface area contributed by atoms with Crippen LogP contribution in [0.4, 0.5) is 0 Å². The summed E-state index contributed by atoms with van der Waals surface area (Å²) in [7, 11) is -2.88. The smallest absolute Gasteiger partial charge is 0.283 e. The summed E-state index contributed by atoms with van der Waals surface area (Å²) in [5.74, 6) is 4.96. The lowest BCUT2D eigenvalue weighted by Gasteiger charge is -2.26. The van der Waals surface area contributed by atoms with E-state index in [0.29, 0.717) is 19.6 Å². The first-order valence-electron chi connectivity index (χ1n) is 5.90. The molecule has 1 aromatic rings. The zero-order valence-electron chi connectivity index (χ0n) is 10.4. The van der Waals surface area contributed by atoms with E-state index < -0.39 is 15.7 Å². The van der Waals surface area contributed by atoms with Crippen LogP contribution in [0.5, 0.6) is 0 Å². The van der Waals surface area contributed by atoms with Gasteiger partial charge in [0.2, 0.25) is 0 Å². The zero-order chi connectivity index (χ0) is 13.9. The second-order valence-electron chi connectivity index (χ2n) is 4.42. The van der Waals surface area contributed by atoms with Crippen molar-refractivity contribution in [3.63, 3.8) is 0 Å². The number of nitrogens with one attached hydrogen (secondary N) is 1. The van der Waals surface area contributed by atoms with Crippen molar-refractivity contribution in [2.45, 2.75) is 6.54 Å². The molecule has 1 saturated heterocycles. The summed E-state index contributed by atoms with van der Waals surface area (Å²) < 4.78 is 22.6. The van der Waals surface area contributed by atoms with Gasteiger partial charge in [-0.2, -0.15) is 0 Å². The van der Waals surface area contributed by atoms with E-state index in [2.05, 4.69) is 4.98 Å². The minimum Gasteiger partial charge on any atom is -0.295 e. The molecule has 2 heterocycles. The van der Waals surface area contributed by atoms with Gasteiger partial charge in [-0.15, -0.1) is 0 Å². The molecule has 7 nitrogen and oxygen atoms in total. The summed E-state index contributed by atoms with van der Waals surface area (Å²) >= 11 is 0. The highest BCUT2D eigenvalue weighted by Crippen LogP contribution is 2.08. The van der Waals surface area contributed by atoms with Gasteiger partial charge in [-0.05, 0) is 12.1 Å². The largest absolute Gasteiger partial charge is 0.295 e. The SMILES string of the molecule is NNC(=O)c1cccc(CN2CCS(=O)(=O)CC2)n1. The molecule has 1 aliphatic heterocycles. The Morgan fingerprint density at radius 2 is 2.05 bits per heavy atom. The quantitative estimate of drug-likeness (QED) is 0.415. The Labute approximate surface area is 111 Å². The van der Waals surface area contributed by atoms with Gasteiger partial charge in [0.25, 0.3) is 5.91 Å². The molecule has 1 fully saturated rings. The van der Waals surface area contributed by atoms with Crippen molar-refractivity contribution in [3.05, 3.63) is 29.6 Å². The van der Waals surface area contributed by atoms with Crippen LogP contribution in [0.2, 0.25) is 0 Å². The fourth-order valence-electron chi connectivity index (χ4n) is 1.91. The van der Waals surface area contributed by atoms with Gasteiger partial charge < -0.3 is 0 Å². The maximum absolute atomic E-state index is 11.4. The molecule has 0 atom stereocenters. The predicted molar refractivity (Wildman–Crippen MR) is 69.8 cm³/mol. The third kappa shape index (κ3) is 3.72. The number of nitrogens with zero attached hydrogens (tertiary/aromatic N) is 2. The molecule has 1 aliphatic rings. The Bertz CT molecular complexity index is 559. The number of hydrogen-bond acceptors (Lipinski definition) is 6. The number of pyridine rings is 1. The fraction of sp³-hybridized carbons (Fsp3) is 0.455. The number of amides is 1. The molecule has 0 spiro atoms. The Morgan fingerprint density at radius 1 is 1.37 bits per heavy atom. The van der Waals surface area contributed by atoms with Crippen LogP contribution < -0.4 is 11.3 Å². The average Bonchev–Trinajstić information content (AvgIpc) is 2.41. The molecular weight excluding hydrogens is 268 g/mol. The Morgan fingerprint density at radius 3 is 2.68 bits per heavy atom.